The maximum absolute atomic E-state index is 13.2. The van der Waals surface area contributed by atoms with E-state index in [9.17, 15) is 9.59 Å². The van der Waals surface area contributed by atoms with Gasteiger partial charge in [0, 0.05) is 11.5 Å². The fourth-order valence-electron chi connectivity index (χ4n) is 4.26. The van der Waals surface area contributed by atoms with Gasteiger partial charge in [-0.05, 0) is 35.1 Å². The van der Waals surface area contributed by atoms with Gasteiger partial charge in [-0.3, -0.25) is 9.59 Å². The van der Waals surface area contributed by atoms with Crippen LogP contribution in [0.4, 0.5) is 0 Å². The van der Waals surface area contributed by atoms with E-state index in [0.29, 0.717) is 24.3 Å². The molecule has 0 amide bonds. The first-order valence-corrected chi connectivity index (χ1v) is 14.4. The zero-order chi connectivity index (χ0) is 27.1. The molecule has 0 bridgehead atoms. The molecule has 0 spiro atoms. The second-order valence-corrected chi connectivity index (χ2v) is 10.6. The maximum atomic E-state index is 13.2. The minimum absolute atomic E-state index is 0.221. The molecular formula is C34H34O4S. The molecule has 0 aliphatic heterocycles. The summed E-state index contributed by atoms with van der Waals surface area (Å²) in [5.74, 6) is 0.0279. The molecule has 0 heterocycles. The third-order valence-corrected chi connectivity index (χ3v) is 7.68. The molecule has 0 radical (unpaired) electrons. The van der Waals surface area contributed by atoms with Gasteiger partial charge in [-0.1, -0.05) is 121 Å². The van der Waals surface area contributed by atoms with Gasteiger partial charge in [-0.15, -0.1) is 0 Å². The fourth-order valence-corrected chi connectivity index (χ4v) is 5.48. The first-order valence-electron chi connectivity index (χ1n) is 13.2. The predicted octanol–water partition coefficient (Wildman–Crippen LogP) is 6.92. The Kier molecular flexibility index (Phi) is 11.2. The van der Waals surface area contributed by atoms with E-state index in [0.717, 1.165) is 22.3 Å². The topological polar surface area (TPSA) is 52.6 Å². The SMILES string of the molecule is O=C(OCc1ccccc1)C(CSCC(Cc1ccccc1)C(=O)OCc1ccccc1)Cc1ccccc1. The molecule has 0 saturated carbocycles. The van der Waals surface area contributed by atoms with Crippen LogP contribution in [0.2, 0.25) is 0 Å². The molecule has 2 unspecified atom stereocenters. The number of carbonyl (C=O) groups excluding carboxylic acids is 2. The Morgan fingerprint density at radius 2 is 0.795 bits per heavy atom. The molecule has 0 fully saturated rings. The minimum atomic E-state index is -0.321. The van der Waals surface area contributed by atoms with E-state index in [1.54, 1.807) is 11.8 Å². The lowest BCUT2D eigenvalue weighted by atomic mass is 10.0. The van der Waals surface area contributed by atoms with Gasteiger partial charge < -0.3 is 9.47 Å². The Labute approximate surface area is 235 Å². The summed E-state index contributed by atoms with van der Waals surface area (Å²) in [7, 11) is 0. The van der Waals surface area contributed by atoms with Gasteiger partial charge in [-0.2, -0.15) is 11.8 Å². The molecule has 0 aliphatic carbocycles. The van der Waals surface area contributed by atoms with E-state index in [-0.39, 0.29) is 37.0 Å². The Balaban J connectivity index is 1.39. The van der Waals surface area contributed by atoms with Crippen LogP contribution in [0.15, 0.2) is 121 Å². The highest BCUT2D eigenvalue weighted by molar-refractivity contribution is 7.99. The molecule has 0 N–H and O–H groups in total. The smallest absolute Gasteiger partial charge is 0.310 e. The van der Waals surface area contributed by atoms with Crippen LogP contribution in [0.5, 0.6) is 0 Å². The van der Waals surface area contributed by atoms with Gasteiger partial charge in [0.05, 0.1) is 11.8 Å². The van der Waals surface area contributed by atoms with E-state index in [2.05, 4.69) is 0 Å². The molecular weight excluding hydrogens is 504 g/mol. The Morgan fingerprint density at radius 3 is 1.13 bits per heavy atom. The van der Waals surface area contributed by atoms with Crippen LogP contribution in [-0.2, 0) is 45.1 Å². The van der Waals surface area contributed by atoms with E-state index < -0.39 is 0 Å². The number of ether oxygens (including phenoxy) is 2. The summed E-state index contributed by atoms with van der Waals surface area (Å²) in [4.78, 5) is 26.3. The van der Waals surface area contributed by atoms with E-state index in [1.165, 1.54) is 0 Å². The van der Waals surface area contributed by atoms with Crippen LogP contribution in [-0.4, -0.2) is 23.4 Å². The summed E-state index contributed by atoms with van der Waals surface area (Å²) in [5, 5.41) is 0. The lowest BCUT2D eigenvalue weighted by Crippen LogP contribution is -2.25. The number of benzene rings is 4. The summed E-state index contributed by atoms with van der Waals surface area (Å²) in [6.07, 6.45) is 1.17. The second kappa shape index (κ2) is 15.6. The lowest BCUT2D eigenvalue weighted by molar-refractivity contribution is -0.149. The number of esters is 2. The van der Waals surface area contributed by atoms with Crippen LogP contribution in [0.25, 0.3) is 0 Å². The highest BCUT2D eigenvalue weighted by Gasteiger charge is 2.25. The number of hydrogen-bond donors (Lipinski definition) is 0. The standard InChI is InChI=1S/C34H34O4S/c35-33(37-23-29-17-9-3-10-18-29)31(21-27-13-5-1-6-14-27)25-39-26-32(22-28-15-7-2-8-16-28)34(36)38-24-30-19-11-4-12-20-30/h1-20,31-32H,21-26H2. The molecule has 200 valence electrons. The summed E-state index contributed by atoms with van der Waals surface area (Å²) in [6.45, 7) is 0.496. The van der Waals surface area contributed by atoms with Crippen LogP contribution in [0, 0.1) is 11.8 Å². The van der Waals surface area contributed by atoms with Crippen molar-refractivity contribution in [3.05, 3.63) is 144 Å². The number of thioether (sulfide) groups is 1. The molecule has 0 saturated heterocycles. The molecule has 2 atom stereocenters. The fraction of sp³-hybridized carbons (Fsp3) is 0.235. The molecule has 4 aromatic carbocycles. The molecule has 5 heteroatoms. The molecule has 0 aliphatic rings. The molecule has 4 nitrogen and oxygen atoms in total. The first-order chi connectivity index (χ1) is 19.2. The molecule has 4 rings (SSSR count). The lowest BCUT2D eigenvalue weighted by Gasteiger charge is -2.19. The van der Waals surface area contributed by atoms with Gasteiger partial charge in [0.1, 0.15) is 13.2 Å². The number of rotatable bonds is 14. The third kappa shape index (κ3) is 9.77. The monoisotopic (exact) mass is 538 g/mol. The van der Waals surface area contributed by atoms with Crippen LogP contribution in [0.3, 0.4) is 0 Å². The summed E-state index contributed by atoms with van der Waals surface area (Å²) in [6, 6.07) is 39.4. The van der Waals surface area contributed by atoms with Crippen molar-refractivity contribution < 1.29 is 19.1 Å². The minimum Gasteiger partial charge on any atom is -0.461 e. The first kappa shape index (κ1) is 28.2. The van der Waals surface area contributed by atoms with Gasteiger partial charge >= 0.3 is 11.9 Å². The van der Waals surface area contributed by atoms with Crippen molar-refractivity contribution in [2.24, 2.45) is 11.8 Å². The van der Waals surface area contributed by atoms with E-state index in [4.69, 9.17) is 9.47 Å². The quantitative estimate of drug-likeness (QED) is 0.163. The maximum Gasteiger partial charge on any atom is 0.310 e. The van der Waals surface area contributed by atoms with Crippen molar-refractivity contribution in [2.45, 2.75) is 26.1 Å². The van der Waals surface area contributed by atoms with Crippen LogP contribution in [0.1, 0.15) is 22.3 Å². The highest BCUT2D eigenvalue weighted by atomic mass is 32.2. The largest absolute Gasteiger partial charge is 0.461 e. The Bertz CT molecular complexity index is 1160. The average molecular weight is 539 g/mol. The zero-order valence-corrected chi connectivity index (χ0v) is 22.8. The zero-order valence-electron chi connectivity index (χ0n) is 22.0. The summed E-state index contributed by atoms with van der Waals surface area (Å²) in [5.41, 5.74) is 4.09. The second-order valence-electron chi connectivity index (χ2n) is 9.50. The van der Waals surface area contributed by atoms with Gasteiger partial charge in [0.25, 0.3) is 0 Å². The molecule has 4 aromatic rings. The van der Waals surface area contributed by atoms with Crippen LogP contribution >= 0.6 is 11.8 Å². The highest BCUT2D eigenvalue weighted by Crippen LogP contribution is 2.22. The van der Waals surface area contributed by atoms with E-state index >= 15 is 0 Å². The van der Waals surface area contributed by atoms with Gasteiger partial charge in [-0.25, -0.2) is 0 Å². The Hall–Kier alpha value is -3.83. The van der Waals surface area contributed by atoms with Crippen LogP contribution < -0.4 is 0 Å². The van der Waals surface area contributed by atoms with Crippen molar-refractivity contribution in [1.29, 1.82) is 0 Å². The van der Waals surface area contributed by atoms with Crippen molar-refractivity contribution in [1.82, 2.24) is 0 Å². The number of hydrogen-bond acceptors (Lipinski definition) is 5. The molecule has 0 aromatic heterocycles. The van der Waals surface area contributed by atoms with E-state index in [1.807, 2.05) is 121 Å². The molecule has 39 heavy (non-hydrogen) atoms. The summed E-state index contributed by atoms with van der Waals surface area (Å²) < 4.78 is 11.4. The Morgan fingerprint density at radius 1 is 0.487 bits per heavy atom. The normalized spacial score (nSPS) is 12.3. The summed E-state index contributed by atoms with van der Waals surface area (Å²) >= 11 is 1.61. The van der Waals surface area contributed by atoms with Crippen molar-refractivity contribution >= 4 is 23.7 Å². The predicted molar refractivity (Wildman–Crippen MR) is 157 cm³/mol. The van der Waals surface area contributed by atoms with Gasteiger partial charge in [0.2, 0.25) is 0 Å². The average Bonchev–Trinajstić information content (AvgIpc) is 2.99. The third-order valence-electron chi connectivity index (χ3n) is 6.40. The van der Waals surface area contributed by atoms with Gasteiger partial charge in [0.15, 0.2) is 0 Å². The van der Waals surface area contributed by atoms with Crippen molar-refractivity contribution in [2.75, 3.05) is 11.5 Å². The number of carbonyl (C=O) groups is 2. The van der Waals surface area contributed by atoms with Crippen molar-refractivity contribution in [3.8, 4) is 0 Å². The van der Waals surface area contributed by atoms with Crippen molar-refractivity contribution in [3.63, 3.8) is 0 Å².